The van der Waals surface area contributed by atoms with Crippen LogP contribution in [0.25, 0.3) is 0 Å². The minimum Gasteiger partial charge on any atom is -0.267 e. The largest absolute Gasteiger partial charge is 0.294 e. The lowest BCUT2D eigenvalue weighted by atomic mass is 10.1. The van der Waals surface area contributed by atoms with E-state index in [4.69, 9.17) is 11.6 Å². The molecule has 0 saturated heterocycles. The number of nitrogens with one attached hydrogen (secondary N) is 1. The van der Waals surface area contributed by atoms with Crippen molar-refractivity contribution >= 4 is 41.3 Å². The Hall–Kier alpha value is -3.84. The first-order chi connectivity index (χ1) is 14.0. The van der Waals surface area contributed by atoms with Crippen LogP contribution in [0.1, 0.15) is 21.5 Å². The molecule has 0 radical (unpaired) electrons. The summed E-state index contributed by atoms with van der Waals surface area (Å²) < 4.78 is 0. The number of nitro benzene ring substituents is 1. The number of nitrogens with zero attached hydrogens (tertiary/aromatic N) is 3. The standard InChI is InChI=1S/C21H15ClN4O3/c22-18-11-9-17(10-12-18)21(27)25-24-14-16-7-5-15(6-8-16)13-23-19-3-1-2-4-20(19)26(28)29/h1-14H,(H,25,27). The van der Waals surface area contributed by atoms with E-state index in [9.17, 15) is 14.9 Å². The van der Waals surface area contributed by atoms with Crippen LogP contribution in [0.2, 0.25) is 5.02 Å². The van der Waals surface area contributed by atoms with Crippen molar-refractivity contribution in [2.24, 2.45) is 10.1 Å². The smallest absolute Gasteiger partial charge is 0.267 e. The molecular formula is C21H15ClN4O3. The van der Waals surface area contributed by atoms with Crippen molar-refractivity contribution in [1.29, 1.82) is 0 Å². The molecule has 0 spiro atoms. The van der Waals surface area contributed by atoms with Crippen LogP contribution in [0.15, 0.2) is 82.9 Å². The molecule has 0 aliphatic rings. The van der Waals surface area contributed by atoms with Crippen LogP contribution >= 0.6 is 11.6 Å². The summed E-state index contributed by atoms with van der Waals surface area (Å²) in [4.78, 5) is 26.7. The Kier molecular flexibility index (Phi) is 6.44. The van der Waals surface area contributed by atoms with Gasteiger partial charge in [0.25, 0.3) is 11.6 Å². The zero-order chi connectivity index (χ0) is 20.6. The maximum absolute atomic E-state index is 12.0. The summed E-state index contributed by atoms with van der Waals surface area (Å²) in [6, 6.07) is 19.9. The van der Waals surface area contributed by atoms with Gasteiger partial charge in [0.05, 0.1) is 11.1 Å². The molecule has 8 heteroatoms. The summed E-state index contributed by atoms with van der Waals surface area (Å²) in [6.07, 6.45) is 3.06. The molecule has 144 valence electrons. The van der Waals surface area contributed by atoms with Crippen molar-refractivity contribution in [1.82, 2.24) is 5.43 Å². The molecule has 0 atom stereocenters. The predicted octanol–water partition coefficient (Wildman–Crippen LogP) is 4.76. The molecule has 0 aliphatic carbocycles. The van der Waals surface area contributed by atoms with Crippen molar-refractivity contribution in [3.8, 4) is 0 Å². The maximum atomic E-state index is 12.0. The number of hydrogen-bond donors (Lipinski definition) is 1. The number of halogens is 1. The number of carbonyl (C=O) groups excluding carboxylic acids is 1. The summed E-state index contributed by atoms with van der Waals surface area (Å²) in [6.45, 7) is 0. The van der Waals surface area contributed by atoms with Gasteiger partial charge >= 0.3 is 0 Å². The molecule has 29 heavy (non-hydrogen) atoms. The van der Waals surface area contributed by atoms with Crippen molar-refractivity contribution in [2.75, 3.05) is 0 Å². The maximum Gasteiger partial charge on any atom is 0.294 e. The van der Waals surface area contributed by atoms with Crippen LogP contribution in [0.3, 0.4) is 0 Å². The van der Waals surface area contributed by atoms with Gasteiger partial charge in [0, 0.05) is 22.9 Å². The molecule has 0 aromatic heterocycles. The van der Waals surface area contributed by atoms with E-state index in [0.29, 0.717) is 10.6 Å². The lowest BCUT2D eigenvalue weighted by Gasteiger charge is -2.00. The second-order valence-electron chi connectivity index (χ2n) is 5.88. The van der Waals surface area contributed by atoms with Crippen LogP contribution in [0, 0.1) is 10.1 Å². The van der Waals surface area contributed by atoms with Gasteiger partial charge in [-0.05, 0) is 41.5 Å². The summed E-state index contributed by atoms with van der Waals surface area (Å²) in [5, 5.41) is 15.5. The van der Waals surface area contributed by atoms with E-state index in [0.717, 1.165) is 11.1 Å². The molecule has 0 bridgehead atoms. The molecule has 0 saturated carbocycles. The molecule has 7 nitrogen and oxygen atoms in total. The van der Waals surface area contributed by atoms with E-state index >= 15 is 0 Å². The first kappa shape index (κ1) is 19.9. The van der Waals surface area contributed by atoms with Crippen molar-refractivity contribution in [2.45, 2.75) is 0 Å². The Morgan fingerprint density at radius 3 is 2.21 bits per heavy atom. The van der Waals surface area contributed by atoms with Gasteiger partial charge in [-0.3, -0.25) is 14.9 Å². The summed E-state index contributed by atoms with van der Waals surface area (Å²) in [5.74, 6) is -0.342. The normalized spacial score (nSPS) is 11.1. The number of hydrogen-bond acceptors (Lipinski definition) is 5. The van der Waals surface area contributed by atoms with E-state index in [1.807, 2.05) is 0 Å². The Morgan fingerprint density at radius 1 is 0.931 bits per heavy atom. The lowest BCUT2D eigenvalue weighted by molar-refractivity contribution is -0.384. The SMILES string of the molecule is O=C(NN=Cc1ccc(C=Nc2ccccc2[N+](=O)[O-])cc1)c1ccc(Cl)cc1. The zero-order valence-corrected chi connectivity index (χ0v) is 15.8. The Bertz CT molecular complexity index is 1080. The number of para-hydroxylation sites is 2. The first-order valence-corrected chi connectivity index (χ1v) is 8.87. The molecule has 1 amide bonds. The number of hydrazone groups is 1. The number of amides is 1. The highest BCUT2D eigenvalue weighted by atomic mass is 35.5. The van der Waals surface area contributed by atoms with Gasteiger partial charge in [-0.15, -0.1) is 0 Å². The molecule has 0 fully saturated rings. The second-order valence-corrected chi connectivity index (χ2v) is 6.31. The molecule has 0 aliphatic heterocycles. The van der Waals surface area contributed by atoms with Gasteiger partial charge in [-0.2, -0.15) is 5.10 Å². The molecule has 3 rings (SSSR count). The average molecular weight is 407 g/mol. The third-order valence-electron chi connectivity index (χ3n) is 3.85. The highest BCUT2D eigenvalue weighted by Gasteiger charge is 2.10. The van der Waals surface area contributed by atoms with Gasteiger partial charge in [0.1, 0.15) is 5.69 Å². The minimum absolute atomic E-state index is 0.0519. The highest BCUT2D eigenvalue weighted by molar-refractivity contribution is 6.30. The van der Waals surface area contributed by atoms with E-state index in [2.05, 4.69) is 15.5 Å². The predicted molar refractivity (Wildman–Crippen MR) is 113 cm³/mol. The van der Waals surface area contributed by atoms with Crippen molar-refractivity contribution < 1.29 is 9.72 Å². The zero-order valence-electron chi connectivity index (χ0n) is 15.0. The molecular weight excluding hydrogens is 392 g/mol. The van der Waals surface area contributed by atoms with Crippen LogP contribution in [0.4, 0.5) is 11.4 Å². The molecule has 0 heterocycles. The van der Waals surface area contributed by atoms with Crippen LogP contribution in [0.5, 0.6) is 0 Å². The lowest BCUT2D eigenvalue weighted by Crippen LogP contribution is -2.17. The fourth-order valence-electron chi connectivity index (χ4n) is 2.37. The topological polar surface area (TPSA) is 97.0 Å². The fourth-order valence-corrected chi connectivity index (χ4v) is 2.50. The molecule has 3 aromatic rings. The molecule has 3 aromatic carbocycles. The quantitative estimate of drug-likeness (QED) is 0.363. The van der Waals surface area contributed by atoms with Crippen LogP contribution in [-0.2, 0) is 0 Å². The highest BCUT2D eigenvalue weighted by Crippen LogP contribution is 2.26. The van der Waals surface area contributed by atoms with Gasteiger partial charge in [-0.1, -0.05) is 48.0 Å². The van der Waals surface area contributed by atoms with Gasteiger partial charge in [0.15, 0.2) is 0 Å². The van der Waals surface area contributed by atoms with Crippen LogP contribution in [-0.4, -0.2) is 23.3 Å². The van der Waals surface area contributed by atoms with E-state index < -0.39 is 4.92 Å². The first-order valence-electron chi connectivity index (χ1n) is 8.49. The minimum atomic E-state index is -0.468. The van der Waals surface area contributed by atoms with Crippen molar-refractivity contribution in [3.05, 3.63) is 105 Å². The average Bonchev–Trinajstić information content (AvgIpc) is 2.73. The van der Waals surface area contributed by atoms with Gasteiger partial charge in [-0.25, -0.2) is 10.4 Å². The monoisotopic (exact) mass is 406 g/mol. The molecule has 1 N–H and O–H groups in total. The van der Waals surface area contributed by atoms with E-state index in [1.165, 1.54) is 12.3 Å². The fraction of sp³-hybridized carbons (Fsp3) is 0. The second kappa shape index (κ2) is 9.38. The Balaban J connectivity index is 1.61. The van der Waals surface area contributed by atoms with Crippen LogP contribution < -0.4 is 5.43 Å². The third-order valence-corrected chi connectivity index (χ3v) is 4.11. The van der Waals surface area contributed by atoms with Gasteiger partial charge < -0.3 is 0 Å². The Morgan fingerprint density at radius 2 is 1.55 bits per heavy atom. The van der Waals surface area contributed by atoms with E-state index in [-0.39, 0.29) is 17.3 Å². The number of aliphatic imine (C=N–C) groups is 1. The Labute approximate surface area is 171 Å². The number of benzene rings is 3. The third kappa shape index (κ3) is 5.57. The van der Waals surface area contributed by atoms with Crippen molar-refractivity contribution in [3.63, 3.8) is 0 Å². The summed E-state index contributed by atoms with van der Waals surface area (Å²) >= 11 is 5.79. The number of carbonyl (C=O) groups is 1. The summed E-state index contributed by atoms with van der Waals surface area (Å²) in [5.41, 5.74) is 4.66. The number of rotatable bonds is 6. The summed E-state index contributed by atoms with van der Waals surface area (Å²) in [7, 11) is 0. The molecule has 0 unspecified atom stereocenters. The number of nitro groups is 1. The van der Waals surface area contributed by atoms with Gasteiger partial charge in [0.2, 0.25) is 0 Å². The van der Waals surface area contributed by atoms with E-state index in [1.54, 1.807) is 72.9 Å².